The summed E-state index contributed by atoms with van der Waals surface area (Å²) in [6.45, 7) is 2.68. The molecular weight excluding hydrogens is 604 g/mol. The Labute approximate surface area is 250 Å². The maximum atomic E-state index is 15.0. The van der Waals surface area contributed by atoms with Gasteiger partial charge in [-0.25, -0.2) is 14.1 Å². The molecule has 1 N–H and O–H groups in total. The van der Waals surface area contributed by atoms with Crippen molar-refractivity contribution < 1.29 is 35.6 Å². The SMILES string of the molecule is CN(C)C=NS(=O)(=O)c1ccc(Nc2ccccc2CN2C(=O)N(c3ccc(C#N)c(C(F)(F)F)c3)C(=O)C2(C)C)c(F)c1. The molecule has 0 saturated carbocycles. The first-order valence-corrected chi connectivity index (χ1v) is 14.3. The number of nitriles is 1. The number of benzene rings is 3. The Bertz CT molecular complexity index is 1820. The molecule has 0 unspecified atom stereocenters. The Morgan fingerprint density at radius 3 is 2.34 bits per heavy atom. The third kappa shape index (κ3) is 6.20. The van der Waals surface area contributed by atoms with Crippen LogP contribution in [0.3, 0.4) is 0 Å². The Hall–Kier alpha value is -4.97. The summed E-state index contributed by atoms with van der Waals surface area (Å²) in [5.41, 5.74) is -3.13. The van der Waals surface area contributed by atoms with Gasteiger partial charge in [0.1, 0.15) is 17.7 Å². The summed E-state index contributed by atoms with van der Waals surface area (Å²) >= 11 is 0. The predicted molar refractivity (Wildman–Crippen MR) is 154 cm³/mol. The van der Waals surface area contributed by atoms with E-state index in [0.29, 0.717) is 22.2 Å². The zero-order valence-electron chi connectivity index (χ0n) is 23.8. The zero-order chi connectivity index (χ0) is 32.6. The topological polar surface area (TPSA) is 126 Å². The Morgan fingerprint density at radius 1 is 1.05 bits per heavy atom. The minimum Gasteiger partial charge on any atom is -0.368 e. The van der Waals surface area contributed by atoms with Crippen molar-refractivity contribution in [1.29, 1.82) is 5.26 Å². The fourth-order valence-electron chi connectivity index (χ4n) is 4.40. The van der Waals surface area contributed by atoms with Crippen molar-refractivity contribution in [1.82, 2.24) is 9.80 Å². The van der Waals surface area contributed by atoms with Crippen molar-refractivity contribution in [2.45, 2.75) is 37.0 Å². The summed E-state index contributed by atoms with van der Waals surface area (Å²) in [5.74, 6) is -1.69. The van der Waals surface area contributed by atoms with Gasteiger partial charge in [0.25, 0.3) is 15.9 Å². The number of amides is 3. The molecule has 1 aliphatic heterocycles. The highest BCUT2D eigenvalue weighted by Gasteiger charge is 2.52. The maximum absolute atomic E-state index is 15.0. The molecule has 1 heterocycles. The van der Waals surface area contributed by atoms with Gasteiger partial charge >= 0.3 is 12.2 Å². The molecule has 44 heavy (non-hydrogen) atoms. The van der Waals surface area contributed by atoms with E-state index in [1.54, 1.807) is 38.4 Å². The van der Waals surface area contributed by atoms with Crippen molar-refractivity contribution in [2.24, 2.45) is 4.40 Å². The number of sulfonamides is 1. The molecular formula is C29H26F4N6O4S. The molecule has 15 heteroatoms. The Morgan fingerprint density at radius 2 is 1.73 bits per heavy atom. The van der Waals surface area contributed by atoms with Crippen LogP contribution in [0.2, 0.25) is 0 Å². The quantitative estimate of drug-likeness (QED) is 0.151. The molecule has 0 bridgehead atoms. The van der Waals surface area contributed by atoms with Crippen LogP contribution in [0.5, 0.6) is 0 Å². The van der Waals surface area contributed by atoms with Crippen LogP contribution < -0.4 is 10.2 Å². The molecule has 0 spiro atoms. The van der Waals surface area contributed by atoms with E-state index in [1.165, 1.54) is 36.9 Å². The summed E-state index contributed by atoms with van der Waals surface area (Å²) in [4.78, 5) is 29.7. The minimum absolute atomic E-state index is 0.0880. The normalized spacial score (nSPS) is 15.2. The number of carbonyl (C=O) groups excluding carboxylic acids is 2. The van der Waals surface area contributed by atoms with E-state index in [-0.39, 0.29) is 22.8 Å². The third-order valence-corrected chi connectivity index (χ3v) is 8.00. The molecule has 1 fully saturated rings. The van der Waals surface area contributed by atoms with E-state index >= 15 is 4.39 Å². The van der Waals surface area contributed by atoms with Gasteiger partial charge in [-0.05, 0) is 61.9 Å². The van der Waals surface area contributed by atoms with Gasteiger partial charge in [0.2, 0.25) is 0 Å². The summed E-state index contributed by atoms with van der Waals surface area (Å²) in [5, 5.41) is 12.0. The summed E-state index contributed by atoms with van der Waals surface area (Å²) in [6.07, 6.45) is -3.83. The summed E-state index contributed by atoms with van der Waals surface area (Å²) in [7, 11) is -1.01. The van der Waals surface area contributed by atoms with Crippen LogP contribution in [0.4, 0.5) is 39.4 Å². The largest absolute Gasteiger partial charge is 0.417 e. The number of imide groups is 1. The number of halogens is 4. The monoisotopic (exact) mass is 630 g/mol. The van der Waals surface area contributed by atoms with Gasteiger partial charge in [-0.15, -0.1) is 4.40 Å². The highest BCUT2D eigenvalue weighted by Crippen LogP contribution is 2.39. The van der Waals surface area contributed by atoms with Crippen molar-refractivity contribution in [3.63, 3.8) is 0 Å². The lowest BCUT2D eigenvalue weighted by molar-refractivity contribution is -0.137. The van der Waals surface area contributed by atoms with Crippen molar-refractivity contribution in [3.8, 4) is 6.07 Å². The average molecular weight is 631 g/mol. The maximum Gasteiger partial charge on any atom is 0.417 e. The van der Waals surface area contributed by atoms with E-state index in [0.717, 1.165) is 29.4 Å². The van der Waals surface area contributed by atoms with Crippen LogP contribution in [-0.2, 0) is 27.5 Å². The van der Waals surface area contributed by atoms with Gasteiger partial charge in [0.15, 0.2) is 0 Å². The van der Waals surface area contributed by atoms with Crippen molar-refractivity contribution >= 4 is 45.4 Å². The summed E-state index contributed by atoms with van der Waals surface area (Å²) < 4.78 is 84.1. The number of alkyl halides is 3. The number of nitrogens with one attached hydrogen (secondary N) is 1. The molecule has 1 aliphatic rings. The number of hydrogen-bond acceptors (Lipinski definition) is 6. The van der Waals surface area contributed by atoms with E-state index in [9.17, 15) is 31.2 Å². The molecule has 3 aromatic carbocycles. The number of para-hydroxylation sites is 1. The molecule has 4 rings (SSSR count). The minimum atomic E-state index is -4.90. The van der Waals surface area contributed by atoms with Crippen LogP contribution in [0, 0.1) is 17.1 Å². The molecule has 10 nitrogen and oxygen atoms in total. The predicted octanol–water partition coefficient (Wildman–Crippen LogP) is 5.49. The van der Waals surface area contributed by atoms with Gasteiger partial charge < -0.3 is 15.1 Å². The van der Waals surface area contributed by atoms with E-state index < -0.39 is 50.6 Å². The van der Waals surface area contributed by atoms with E-state index in [4.69, 9.17) is 5.26 Å². The number of hydrogen-bond donors (Lipinski definition) is 1. The first-order valence-electron chi connectivity index (χ1n) is 12.9. The van der Waals surface area contributed by atoms with Gasteiger partial charge in [0.05, 0.1) is 40.0 Å². The van der Waals surface area contributed by atoms with Crippen molar-refractivity contribution in [2.75, 3.05) is 24.3 Å². The highest BCUT2D eigenvalue weighted by molar-refractivity contribution is 7.90. The lowest BCUT2D eigenvalue weighted by atomic mass is 10.0. The van der Waals surface area contributed by atoms with Gasteiger partial charge in [-0.2, -0.15) is 26.9 Å². The lowest BCUT2D eigenvalue weighted by Gasteiger charge is -2.28. The molecule has 230 valence electrons. The van der Waals surface area contributed by atoms with Crippen LogP contribution in [0.25, 0.3) is 0 Å². The second-order valence-electron chi connectivity index (χ2n) is 10.5. The van der Waals surface area contributed by atoms with Gasteiger partial charge in [-0.1, -0.05) is 18.2 Å². The highest BCUT2D eigenvalue weighted by atomic mass is 32.2. The van der Waals surface area contributed by atoms with Crippen molar-refractivity contribution in [3.05, 3.63) is 83.2 Å². The fourth-order valence-corrected chi connectivity index (χ4v) is 5.33. The van der Waals surface area contributed by atoms with Gasteiger partial charge in [-0.3, -0.25) is 4.79 Å². The van der Waals surface area contributed by atoms with E-state index in [2.05, 4.69) is 9.71 Å². The molecule has 0 radical (unpaired) electrons. The molecule has 3 amide bonds. The number of anilines is 3. The average Bonchev–Trinajstić information content (AvgIpc) is 3.12. The van der Waals surface area contributed by atoms with Crippen LogP contribution in [-0.4, -0.2) is 56.1 Å². The first-order chi connectivity index (χ1) is 20.5. The molecule has 1 saturated heterocycles. The Kier molecular flexibility index (Phi) is 8.43. The first kappa shape index (κ1) is 32.0. The number of nitrogens with zero attached hydrogens (tertiary/aromatic N) is 5. The second kappa shape index (κ2) is 11.6. The molecule has 3 aromatic rings. The van der Waals surface area contributed by atoms with Crippen LogP contribution in [0.1, 0.15) is 30.5 Å². The Balaban J connectivity index is 1.64. The number of rotatable bonds is 8. The fraction of sp³-hybridized carbons (Fsp3) is 0.241. The second-order valence-corrected chi connectivity index (χ2v) is 12.1. The standard InChI is InChI=1S/C29H26F4N6O4S/c1-28(2)26(40)39(20-10-9-18(15-34)22(13-20)29(31,32)33)27(41)38(28)16-19-7-5-6-8-24(19)36-25-12-11-21(14-23(25)30)44(42,43)35-17-37(3)4/h5-14,17,36H,16H2,1-4H3. The van der Waals surface area contributed by atoms with Crippen LogP contribution >= 0.6 is 0 Å². The zero-order valence-corrected chi connectivity index (χ0v) is 24.7. The smallest absolute Gasteiger partial charge is 0.368 e. The van der Waals surface area contributed by atoms with E-state index in [1.807, 2.05) is 0 Å². The van der Waals surface area contributed by atoms with Gasteiger partial charge in [0, 0.05) is 19.8 Å². The molecule has 0 aliphatic carbocycles. The van der Waals surface area contributed by atoms with Crippen LogP contribution in [0.15, 0.2) is 70.0 Å². The number of carbonyl (C=O) groups is 2. The number of urea groups is 1. The third-order valence-electron chi connectivity index (χ3n) is 6.78. The molecule has 0 aromatic heterocycles. The summed E-state index contributed by atoms with van der Waals surface area (Å²) in [6, 6.07) is 12.8. The lowest BCUT2D eigenvalue weighted by Crippen LogP contribution is -2.43. The molecule has 0 atom stereocenters.